The van der Waals surface area contributed by atoms with Gasteiger partial charge in [-0.05, 0) is 39.0 Å². The van der Waals surface area contributed by atoms with Crippen LogP contribution in [0.5, 0.6) is 0 Å². The molecule has 1 rings (SSSR count). The fraction of sp³-hybridized carbons (Fsp3) is 0.909. The first-order valence-electron chi connectivity index (χ1n) is 5.31. The number of halogens is 1. The third-order valence-corrected chi connectivity index (χ3v) is 3.18. The molecule has 0 aromatic rings. The first-order chi connectivity index (χ1) is 6.49. The molecule has 2 nitrogen and oxygen atoms in total. The summed E-state index contributed by atoms with van der Waals surface area (Å²) in [6.07, 6.45) is 0.967. The summed E-state index contributed by atoms with van der Waals surface area (Å²) in [5.74, 6) is -0.160. The van der Waals surface area contributed by atoms with Gasteiger partial charge in [0.1, 0.15) is 6.17 Å². The second-order valence-corrected chi connectivity index (χ2v) is 4.52. The predicted molar refractivity (Wildman–Crippen MR) is 52.7 cm³/mol. The van der Waals surface area contributed by atoms with Crippen LogP contribution < -0.4 is 0 Å². The molecule has 0 unspecified atom stereocenters. The Labute approximate surface area is 84.8 Å². The fourth-order valence-electron chi connectivity index (χ4n) is 1.95. The number of hydrogen-bond donors (Lipinski definition) is 0. The highest BCUT2D eigenvalue weighted by Crippen LogP contribution is 2.40. The predicted octanol–water partition coefficient (Wildman–Crippen LogP) is 2.71. The van der Waals surface area contributed by atoms with E-state index in [9.17, 15) is 9.18 Å². The summed E-state index contributed by atoms with van der Waals surface area (Å²) >= 11 is 0. The van der Waals surface area contributed by atoms with E-state index in [1.165, 1.54) is 0 Å². The quantitative estimate of drug-likeness (QED) is 0.643. The lowest BCUT2D eigenvalue weighted by Crippen LogP contribution is -2.39. The standard InChI is InChI=1S/C11H19FO2/c1-4-14-10(13)11(3)6-5-8(2)9(12)7-11/h8-9H,4-7H2,1-3H3/t8-,9+,11-/m1/s1. The molecule has 1 aliphatic rings. The van der Waals surface area contributed by atoms with Crippen LogP contribution in [-0.2, 0) is 9.53 Å². The molecule has 1 saturated carbocycles. The Morgan fingerprint density at radius 1 is 1.64 bits per heavy atom. The van der Waals surface area contributed by atoms with E-state index >= 15 is 0 Å². The molecule has 0 aromatic heterocycles. The molecule has 14 heavy (non-hydrogen) atoms. The molecule has 0 bridgehead atoms. The van der Waals surface area contributed by atoms with E-state index in [0.29, 0.717) is 13.0 Å². The summed E-state index contributed by atoms with van der Waals surface area (Å²) < 4.78 is 18.4. The molecule has 0 aliphatic heterocycles. The van der Waals surface area contributed by atoms with Crippen molar-refractivity contribution in [1.82, 2.24) is 0 Å². The first kappa shape index (κ1) is 11.5. The lowest BCUT2D eigenvalue weighted by Gasteiger charge is -2.36. The van der Waals surface area contributed by atoms with Crippen LogP contribution in [0.4, 0.5) is 4.39 Å². The van der Waals surface area contributed by atoms with E-state index in [-0.39, 0.29) is 11.9 Å². The second kappa shape index (κ2) is 4.28. The molecule has 1 fully saturated rings. The number of esters is 1. The fourth-order valence-corrected chi connectivity index (χ4v) is 1.95. The number of carbonyl (C=O) groups is 1. The van der Waals surface area contributed by atoms with E-state index < -0.39 is 11.6 Å². The smallest absolute Gasteiger partial charge is 0.311 e. The van der Waals surface area contributed by atoms with Crippen molar-refractivity contribution in [1.29, 1.82) is 0 Å². The van der Waals surface area contributed by atoms with E-state index in [1.54, 1.807) is 6.92 Å². The van der Waals surface area contributed by atoms with Gasteiger partial charge in [0, 0.05) is 0 Å². The topological polar surface area (TPSA) is 26.3 Å². The molecule has 0 spiro atoms. The summed E-state index contributed by atoms with van der Waals surface area (Å²) in [4.78, 5) is 11.6. The molecule has 3 atom stereocenters. The van der Waals surface area contributed by atoms with Crippen LogP contribution >= 0.6 is 0 Å². The highest BCUT2D eigenvalue weighted by molar-refractivity contribution is 5.76. The Morgan fingerprint density at radius 2 is 2.29 bits per heavy atom. The van der Waals surface area contributed by atoms with E-state index in [0.717, 1.165) is 12.8 Å². The van der Waals surface area contributed by atoms with Crippen molar-refractivity contribution in [2.24, 2.45) is 11.3 Å². The third kappa shape index (κ3) is 2.25. The molecular formula is C11H19FO2. The van der Waals surface area contributed by atoms with Crippen LogP contribution in [0.3, 0.4) is 0 Å². The van der Waals surface area contributed by atoms with Crippen LogP contribution in [0.15, 0.2) is 0 Å². The van der Waals surface area contributed by atoms with Crippen LogP contribution in [0.25, 0.3) is 0 Å². The monoisotopic (exact) mass is 202 g/mol. The van der Waals surface area contributed by atoms with Crippen molar-refractivity contribution in [3.8, 4) is 0 Å². The van der Waals surface area contributed by atoms with Gasteiger partial charge in [-0.25, -0.2) is 4.39 Å². The van der Waals surface area contributed by atoms with Gasteiger partial charge < -0.3 is 4.74 Å². The summed E-state index contributed by atoms with van der Waals surface area (Å²) in [5, 5.41) is 0. The molecule has 0 aromatic carbocycles. The third-order valence-electron chi connectivity index (χ3n) is 3.18. The van der Waals surface area contributed by atoms with Gasteiger partial charge in [-0.2, -0.15) is 0 Å². The largest absolute Gasteiger partial charge is 0.466 e. The zero-order valence-corrected chi connectivity index (χ0v) is 9.18. The average Bonchev–Trinajstić information content (AvgIpc) is 2.13. The lowest BCUT2D eigenvalue weighted by molar-refractivity contribution is -0.158. The van der Waals surface area contributed by atoms with Gasteiger partial charge in [0.2, 0.25) is 0 Å². The Bertz CT molecular complexity index is 217. The van der Waals surface area contributed by atoms with Crippen molar-refractivity contribution in [2.75, 3.05) is 6.61 Å². The molecule has 0 saturated heterocycles. The number of hydrogen-bond acceptors (Lipinski definition) is 2. The zero-order chi connectivity index (χ0) is 10.8. The maximum absolute atomic E-state index is 13.5. The van der Waals surface area contributed by atoms with E-state index in [1.807, 2.05) is 13.8 Å². The van der Waals surface area contributed by atoms with E-state index in [4.69, 9.17) is 4.74 Å². The average molecular weight is 202 g/mol. The normalized spacial score (nSPS) is 38.0. The van der Waals surface area contributed by atoms with Gasteiger partial charge >= 0.3 is 5.97 Å². The highest BCUT2D eigenvalue weighted by atomic mass is 19.1. The molecule has 82 valence electrons. The Balaban J connectivity index is 2.62. The molecule has 0 radical (unpaired) electrons. The summed E-state index contributed by atoms with van der Waals surface area (Å²) in [6.45, 7) is 5.86. The van der Waals surface area contributed by atoms with Crippen molar-refractivity contribution in [3.63, 3.8) is 0 Å². The van der Waals surface area contributed by atoms with Crippen molar-refractivity contribution in [3.05, 3.63) is 0 Å². The molecule has 1 aliphatic carbocycles. The highest BCUT2D eigenvalue weighted by Gasteiger charge is 2.42. The van der Waals surface area contributed by atoms with Crippen LogP contribution in [0, 0.1) is 11.3 Å². The van der Waals surface area contributed by atoms with Gasteiger partial charge in [-0.1, -0.05) is 6.92 Å². The molecular weight excluding hydrogens is 183 g/mol. The van der Waals surface area contributed by atoms with Crippen molar-refractivity contribution in [2.45, 2.75) is 46.2 Å². The molecule has 0 amide bonds. The van der Waals surface area contributed by atoms with E-state index in [2.05, 4.69) is 0 Å². The SMILES string of the molecule is CCOC(=O)[C@]1(C)CC[C@@H](C)[C@@H](F)C1. The minimum absolute atomic E-state index is 0.0810. The second-order valence-electron chi connectivity index (χ2n) is 4.52. The first-order valence-corrected chi connectivity index (χ1v) is 5.31. The molecule has 0 N–H and O–H groups in total. The minimum atomic E-state index is -0.863. The maximum Gasteiger partial charge on any atom is 0.311 e. The Hall–Kier alpha value is -0.600. The van der Waals surface area contributed by atoms with Crippen LogP contribution in [-0.4, -0.2) is 18.7 Å². The van der Waals surface area contributed by atoms with Gasteiger partial charge in [-0.3, -0.25) is 4.79 Å². The molecule has 0 heterocycles. The summed E-state index contributed by atoms with van der Waals surface area (Å²) in [7, 11) is 0. The summed E-state index contributed by atoms with van der Waals surface area (Å²) in [5.41, 5.74) is -0.595. The van der Waals surface area contributed by atoms with Gasteiger partial charge in [0.05, 0.1) is 12.0 Å². The van der Waals surface area contributed by atoms with Crippen LogP contribution in [0.1, 0.15) is 40.0 Å². The zero-order valence-electron chi connectivity index (χ0n) is 9.18. The maximum atomic E-state index is 13.5. The van der Waals surface area contributed by atoms with Crippen molar-refractivity contribution >= 4 is 5.97 Å². The molecule has 3 heteroatoms. The van der Waals surface area contributed by atoms with Gasteiger partial charge in [0.25, 0.3) is 0 Å². The number of carbonyl (C=O) groups excluding carboxylic acids is 1. The minimum Gasteiger partial charge on any atom is -0.466 e. The van der Waals surface area contributed by atoms with Crippen molar-refractivity contribution < 1.29 is 13.9 Å². The lowest BCUT2D eigenvalue weighted by atomic mass is 9.71. The van der Waals surface area contributed by atoms with Crippen LogP contribution in [0.2, 0.25) is 0 Å². The van der Waals surface area contributed by atoms with Gasteiger partial charge in [0.15, 0.2) is 0 Å². The Kier molecular flexibility index (Phi) is 3.51. The number of rotatable bonds is 2. The number of alkyl halides is 1. The summed E-state index contributed by atoms with van der Waals surface area (Å²) in [6, 6.07) is 0. The van der Waals surface area contributed by atoms with Gasteiger partial charge in [-0.15, -0.1) is 0 Å². The number of ether oxygens (including phenoxy) is 1. The Morgan fingerprint density at radius 3 is 2.79 bits per heavy atom.